The Balaban J connectivity index is 2.02. The molecule has 0 bridgehead atoms. The molecule has 78 valence electrons. The quantitative estimate of drug-likeness (QED) is 0.681. The number of nitrogens with one attached hydrogen (secondary N) is 1. The van der Waals surface area contributed by atoms with Crippen LogP contribution >= 0.6 is 0 Å². The van der Waals surface area contributed by atoms with E-state index in [1.165, 1.54) is 6.42 Å². The third kappa shape index (κ3) is 3.28. The Morgan fingerprint density at radius 2 is 2.00 bits per heavy atom. The first-order valence-corrected chi connectivity index (χ1v) is 5.40. The van der Waals surface area contributed by atoms with E-state index in [-0.39, 0.29) is 0 Å². The minimum Gasteiger partial charge on any atom is -0.326 e. The Labute approximate surface area is 82.3 Å². The molecule has 0 heterocycles. The maximum atomic E-state index is 5.93. The van der Waals surface area contributed by atoms with Gasteiger partial charge in [-0.1, -0.05) is 27.7 Å². The van der Waals surface area contributed by atoms with Crippen molar-refractivity contribution in [2.75, 3.05) is 13.1 Å². The molecule has 0 amide bonds. The van der Waals surface area contributed by atoms with Crippen LogP contribution in [0.4, 0.5) is 0 Å². The van der Waals surface area contributed by atoms with Crippen molar-refractivity contribution in [3.05, 3.63) is 0 Å². The van der Waals surface area contributed by atoms with Crippen LogP contribution in [0.25, 0.3) is 0 Å². The van der Waals surface area contributed by atoms with Gasteiger partial charge >= 0.3 is 0 Å². The summed E-state index contributed by atoms with van der Waals surface area (Å²) in [7, 11) is 0. The zero-order valence-corrected chi connectivity index (χ0v) is 9.43. The van der Waals surface area contributed by atoms with Crippen molar-refractivity contribution >= 4 is 0 Å². The molecule has 1 saturated carbocycles. The highest BCUT2D eigenvalue weighted by Crippen LogP contribution is 2.50. The molecule has 3 N–H and O–H groups in total. The van der Waals surface area contributed by atoms with Gasteiger partial charge in [-0.3, -0.25) is 0 Å². The van der Waals surface area contributed by atoms with Gasteiger partial charge in [0.2, 0.25) is 0 Å². The number of rotatable bonds is 5. The summed E-state index contributed by atoms with van der Waals surface area (Å²) in [6, 6.07) is 0.307. The second-order valence-electron chi connectivity index (χ2n) is 5.46. The van der Waals surface area contributed by atoms with E-state index in [1.54, 1.807) is 0 Å². The van der Waals surface area contributed by atoms with Crippen LogP contribution in [0.1, 0.15) is 34.1 Å². The van der Waals surface area contributed by atoms with E-state index < -0.39 is 0 Å². The topological polar surface area (TPSA) is 38.0 Å². The van der Waals surface area contributed by atoms with Crippen molar-refractivity contribution in [2.24, 2.45) is 23.0 Å². The average Bonchev–Trinajstić information content (AvgIpc) is 2.58. The van der Waals surface area contributed by atoms with E-state index in [2.05, 4.69) is 33.0 Å². The number of hydrogen-bond donors (Lipinski definition) is 2. The summed E-state index contributed by atoms with van der Waals surface area (Å²) in [6.07, 6.45) is 1.37. The zero-order chi connectivity index (χ0) is 10.1. The molecule has 0 aromatic heterocycles. The van der Waals surface area contributed by atoms with Crippen molar-refractivity contribution in [1.82, 2.24) is 5.32 Å². The number of nitrogens with two attached hydrogens (primary N) is 1. The third-order valence-electron chi connectivity index (χ3n) is 3.34. The van der Waals surface area contributed by atoms with Crippen molar-refractivity contribution in [2.45, 2.75) is 40.2 Å². The standard InChI is InChI=1S/C11H24N2/c1-8(2)10(12)7-13-6-9-5-11(9,3)4/h8-10,13H,5-7,12H2,1-4H3. The lowest BCUT2D eigenvalue weighted by atomic mass is 10.1. The largest absolute Gasteiger partial charge is 0.326 e. The number of hydrogen-bond acceptors (Lipinski definition) is 2. The smallest absolute Gasteiger partial charge is 0.0188 e. The summed E-state index contributed by atoms with van der Waals surface area (Å²) in [6.45, 7) is 11.1. The van der Waals surface area contributed by atoms with Gasteiger partial charge in [-0.15, -0.1) is 0 Å². The Hall–Kier alpha value is -0.0800. The molecule has 1 fully saturated rings. The maximum absolute atomic E-state index is 5.93. The zero-order valence-electron chi connectivity index (χ0n) is 9.43. The van der Waals surface area contributed by atoms with Crippen LogP contribution < -0.4 is 11.1 Å². The van der Waals surface area contributed by atoms with Crippen molar-refractivity contribution in [3.63, 3.8) is 0 Å². The summed E-state index contributed by atoms with van der Waals surface area (Å²) in [5, 5.41) is 3.46. The van der Waals surface area contributed by atoms with Gasteiger partial charge in [0.25, 0.3) is 0 Å². The maximum Gasteiger partial charge on any atom is 0.0188 e. The molecule has 1 aliphatic rings. The molecular formula is C11H24N2. The van der Waals surface area contributed by atoms with Crippen LogP contribution in [0.5, 0.6) is 0 Å². The van der Waals surface area contributed by atoms with Crippen molar-refractivity contribution < 1.29 is 0 Å². The van der Waals surface area contributed by atoms with Gasteiger partial charge in [-0.2, -0.15) is 0 Å². The van der Waals surface area contributed by atoms with Gasteiger partial charge in [0.15, 0.2) is 0 Å². The molecule has 0 radical (unpaired) electrons. The molecule has 0 aromatic rings. The fourth-order valence-electron chi connectivity index (χ4n) is 1.58. The molecule has 13 heavy (non-hydrogen) atoms. The highest BCUT2D eigenvalue weighted by atomic mass is 14.9. The van der Waals surface area contributed by atoms with Crippen LogP contribution in [0.15, 0.2) is 0 Å². The van der Waals surface area contributed by atoms with Crippen LogP contribution in [0, 0.1) is 17.3 Å². The Morgan fingerprint density at radius 3 is 2.38 bits per heavy atom. The highest BCUT2D eigenvalue weighted by Gasteiger charge is 2.44. The normalized spacial score (nSPS) is 27.7. The second-order valence-corrected chi connectivity index (χ2v) is 5.46. The SMILES string of the molecule is CC(C)C(N)CNCC1CC1(C)C. The Morgan fingerprint density at radius 1 is 1.46 bits per heavy atom. The minimum absolute atomic E-state index is 0.307. The molecule has 2 atom stereocenters. The first-order valence-electron chi connectivity index (χ1n) is 5.40. The van der Waals surface area contributed by atoms with E-state index >= 15 is 0 Å². The summed E-state index contributed by atoms with van der Waals surface area (Å²) in [5.74, 6) is 1.46. The van der Waals surface area contributed by atoms with E-state index in [0.717, 1.165) is 19.0 Å². The average molecular weight is 184 g/mol. The van der Waals surface area contributed by atoms with Gasteiger partial charge in [-0.05, 0) is 30.2 Å². The predicted molar refractivity (Wildman–Crippen MR) is 57.6 cm³/mol. The lowest BCUT2D eigenvalue weighted by Gasteiger charge is -2.16. The third-order valence-corrected chi connectivity index (χ3v) is 3.34. The van der Waals surface area contributed by atoms with E-state index in [1.807, 2.05) is 0 Å². The van der Waals surface area contributed by atoms with Gasteiger partial charge in [0.1, 0.15) is 0 Å². The first kappa shape index (κ1) is 11.0. The Kier molecular flexibility index (Phi) is 3.36. The molecule has 2 nitrogen and oxygen atoms in total. The highest BCUT2D eigenvalue weighted by molar-refractivity contribution is 4.96. The summed E-state index contributed by atoms with van der Waals surface area (Å²) < 4.78 is 0. The van der Waals surface area contributed by atoms with E-state index in [4.69, 9.17) is 5.73 Å². The summed E-state index contributed by atoms with van der Waals surface area (Å²) >= 11 is 0. The molecule has 2 unspecified atom stereocenters. The monoisotopic (exact) mass is 184 g/mol. The van der Waals surface area contributed by atoms with E-state index in [9.17, 15) is 0 Å². The van der Waals surface area contributed by atoms with Crippen LogP contribution in [-0.4, -0.2) is 19.1 Å². The molecule has 1 aliphatic carbocycles. The second kappa shape index (κ2) is 3.97. The van der Waals surface area contributed by atoms with Crippen molar-refractivity contribution in [1.29, 1.82) is 0 Å². The summed E-state index contributed by atoms with van der Waals surface area (Å²) in [5.41, 5.74) is 6.52. The molecular weight excluding hydrogens is 160 g/mol. The summed E-state index contributed by atoms with van der Waals surface area (Å²) in [4.78, 5) is 0. The molecule has 2 heteroatoms. The van der Waals surface area contributed by atoms with Gasteiger partial charge in [0, 0.05) is 12.6 Å². The van der Waals surface area contributed by atoms with Crippen LogP contribution in [0.2, 0.25) is 0 Å². The molecule has 0 spiro atoms. The van der Waals surface area contributed by atoms with Gasteiger partial charge in [0.05, 0.1) is 0 Å². The van der Waals surface area contributed by atoms with Crippen LogP contribution in [-0.2, 0) is 0 Å². The Bertz CT molecular complexity index is 161. The molecule has 0 saturated heterocycles. The van der Waals surface area contributed by atoms with Crippen molar-refractivity contribution in [3.8, 4) is 0 Å². The lowest BCUT2D eigenvalue weighted by molar-refractivity contribution is 0.439. The first-order chi connectivity index (χ1) is 5.93. The minimum atomic E-state index is 0.307. The molecule has 1 rings (SSSR count). The molecule has 0 aliphatic heterocycles. The van der Waals surface area contributed by atoms with Crippen LogP contribution in [0.3, 0.4) is 0 Å². The van der Waals surface area contributed by atoms with Gasteiger partial charge < -0.3 is 11.1 Å². The van der Waals surface area contributed by atoms with E-state index in [0.29, 0.717) is 17.4 Å². The fourth-order valence-corrected chi connectivity index (χ4v) is 1.58. The molecule has 0 aromatic carbocycles. The predicted octanol–water partition coefficient (Wildman–Crippen LogP) is 1.61. The van der Waals surface area contributed by atoms with Gasteiger partial charge in [-0.25, -0.2) is 0 Å². The lowest BCUT2D eigenvalue weighted by Crippen LogP contribution is -2.38. The fraction of sp³-hybridized carbons (Fsp3) is 1.00.